The highest BCUT2D eigenvalue weighted by atomic mass is 16.7. The predicted octanol–water partition coefficient (Wildman–Crippen LogP) is 7.60. The van der Waals surface area contributed by atoms with Crippen molar-refractivity contribution < 1.29 is 28.4 Å². The van der Waals surface area contributed by atoms with Crippen LogP contribution in [0.15, 0.2) is 91.0 Å². The summed E-state index contributed by atoms with van der Waals surface area (Å²) >= 11 is 0. The maximum absolute atomic E-state index is 13.8. The Balaban J connectivity index is 1.80. The Hall–Kier alpha value is -3.88. The van der Waals surface area contributed by atoms with Crippen molar-refractivity contribution in [1.82, 2.24) is 0 Å². The number of anilines is 1. The molecule has 0 N–H and O–H groups in total. The number of para-hydroxylation sites is 1. The highest BCUT2D eigenvalue weighted by Crippen LogP contribution is 2.61. The molecule has 1 fully saturated rings. The summed E-state index contributed by atoms with van der Waals surface area (Å²) < 4.78 is 25.1. The molecular weight excluding hydrogens is 589 g/mol. The fraction of sp³-hybridized carbons (Fsp3) is 0.436. The van der Waals surface area contributed by atoms with Gasteiger partial charge in [0, 0.05) is 18.7 Å². The number of hydrogen-bond acceptors (Lipinski definition) is 7. The minimum Gasteiger partial charge on any atom is -0.465 e. The summed E-state index contributed by atoms with van der Waals surface area (Å²) in [6, 6.07) is 28.7. The van der Waals surface area contributed by atoms with Crippen LogP contribution in [0, 0.1) is 11.3 Å². The van der Waals surface area contributed by atoms with Gasteiger partial charge in [-0.2, -0.15) is 0 Å². The van der Waals surface area contributed by atoms with Gasteiger partial charge in [0.25, 0.3) is 0 Å². The summed E-state index contributed by atoms with van der Waals surface area (Å²) in [5.41, 5.74) is 0.424. The fourth-order valence-electron chi connectivity index (χ4n) is 7.20. The summed E-state index contributed by atoms with van der Waals surface area (Å²) in [7, 11) is 1.38. The zero-order chi connectivity index (χ0) is 34.0. The standard InChI is InChI=1S/C39H48BNO6/c1-9-44-34(42)38(7,35(43)45-10-2)27-29(26-25-28-19-13-11-14-20-28)33-31-23-17-18-24-32(31)41(8)39(33,30-21-15-12-16-22-30)40-46-36(3,4)37(5,6)47-40/h11-26,29,33H,9-10,27H2,1-8H3/b26-25-/t29-,33-,39+/m0/s1. The van der Waals surface area contributed by atoms with Gasteiger partial charge < -0.3 is 23.7 Å². The molecule has 0 amide bonds. The molecule has 3 aromatic rings. The van der Waals surface area contributed by atoms with Crippen LogP contribution >= 0.6 is 0 Å². The molecule has 0 radical (unpaired) electrons. The molecule has 3 aromatic carbocycles. The monoisotopic (exact) mass is 637 g/mol. The second kappa shape index (κ2) is 13.3. The Kier molecular flexibility index (Phi) is 9.77. The first kappa shape index (κ1) is 34.5. The molecule has 2 aliphatic rings. The number of benzene rings is 3. The zero-order valence-electron chi connectivity index (χ0n) is 29.0. The molecular formula is C39H48BNO6. The van der Waals surface area contributed by atoms with Gasteiger partial charge in [0.05, 0.1) is 24.4 Å². The fourth-order valence-corrected chi connectivity index (χ4v) is 7.20. The molecule has 0 bridgehead atoms. The second-order valence-electron chi connectivity index (χ2n) is 13.8. The highest BCUT2D eigenvalue weighted by Gasteiger charge is 2.68. The average Bonchev–Trinajstić information content (AvgIpc) is 3.45. The van der Waals surface area contributed by atoms with Gasteiger partial charge >= 0.3 is 19.1 Å². The minimum absolute atomic E-state index is 0.134. The van der Waals surface area contributed by atoms with Crippen LogP contribution in [0.25, 0.3) is 6.08 Å². The van der Waals surface area contributed by atoms with E-state index < -0.39 is 41.1 Å². The number of allylic oxidation sites excluding steroid dienone is 1. The van der Waals surface area contributed by atoms with Crippen LogP contribution in [-0.2, 0) is 33.8 Å². The van der Waals surface area contributed by atoms with E-state index in [1.807, 2.05) is 60.7 Å². The van der Waals surface area contributed by atoms with Crippen LogP contribution in [0.1, 0.15) is 77.5 Å². The first-order chi connectivity index (χ1) is 22.3. The topological polar surface area (TPSA) is 74.3 Å². The van der Waals surface area contributed by atoms with Gasteiger partial charge in [0.1, 0.15) is 5.44 Å². The Morgan fingerprint density at radius 2 is 1.36 bits per heavy atom. The van der Waals surface area contributed by atoms with Gasteiger partial charge in [-0.25, -0.2) is 0 Å². The lowest BCUT2D eigenvalue weighted by Gasteiger charge is -2.46. The van der Waals surface area contributed by atoms with E-state index in [0.717, 1.165) is 22.4 Å². The molecule has 2 heterocycles. The Labute approximate surface area is 280 Å². The summed E-state index contributed by atoms with van der Waals surface area (Å²) in [6.45, 7) is 13.7. The third-order valence-electron chi connectivity index (χ3n) is 10.4. The largest absolute Gasteiger partial charge is 0.490 e. The van der Waals surface area contributed by atoms with Gasteiger partial charge in [-0.15, -0.1) is 0 Å². The smallest absolute Gasteiger partial charge is 0.465 e. The van der Waals surface area contributed by atoms with Crippen LogP contribution < -0.4 is 4.90 Å². The van der Waals surface area contributed by atoms with Crippen molar-refractivity contribution in [3.05, 3.63) is 108 Å². The van der Waals surface area contributed by atoms with Crippen LogP contribution in [-0.4, -0.2) is 50.5 Å². The van der Waals surface area contributed by atoms with Gasteiger partial charge in [0.15, 0.2) is 5.41 Å². The molecule has 1 saturated heterocycles. The molecule has 0 spiro atoms. The highest BCUT2D eigenvalue weighted by molar-refractivity contribution is 6.51. The van der Waals surface area contributed by atoms with E-state index in [1.165, 1.54) is 0 Å². The number of rotatable bonds is 11. The molecule has 5 rings (SSSR count). The second-order valence-corrected chi connectivity index (χ2v) is 13.8. The lowest BCUT2D eigenvalue weighted by atomic mass is 9.50. The average molecular weight is 638 g/mol. The predicted molar refractivity (Wildman–Crippen MR) is 187 cm³/mol. The third kappa shape index (κ3) is 6.02. The van der Waals surface area contributed by atoms with E-state index in [0.29, 0.717) is 0 Å². The van der Waals surface area contributed by atoms with Crippen LogP contribution in [0.3, 0.4) is 0 Å². The summed E-state index contributed by atoms with van der Waals surface area (Å²) in [6.07, 6.45) is 4.34. The molecule has 2 aliphatic heterocycles. The maximum Gasteiger partial charge on any atom is 0.490 e. The number of esters is 2. The number of carbonyl (C=O) groups excluding carboxylic acids is 2. The van der Waals surface area contributed by atoms with Gasteiger partial charge in [0.2, 0.25) is 0 Å². The Bertz CT molecular complexity index is 1560. The van der Waals surface area contributed by atoms with E-state index >= 15 is 0 Å². The van der Waals surface area contributed by atoms with Crippen molar-refractivity contribution in [3.63, 3.8) is 0 Å². The molecule has 0 aromatic heterocycles. The molecule has 0 saturated carbocycles. The van der Waals surface area contributed by atoms with Crippen molar-refractivity contribution in [3.8, 4) is 0 Å². The van der Waals surface area contributed by atoms with E-state index in [2.05, 4.69) is 76.1 Å². The van der Waals surface area contributed by atoms with Crippen LogP contribution in [0.2, 0.25) is 0 Å². The number of nitrogens with zero attached hydrogens (tertiary/aromatic N) is 1. The molecule has 8 heteroatoms. The third-order valence-corrected chi connectivity index (χ3v) is 10.4. The molecule has 7 nitrogen and oxygen atoms in total. The lowest BCUT2D eigenvalue weighted by Crippen LogP contribution is -2.59. The Morgan fingerprint density at radius 1 is 0.851 bits per heavy atom. The number of likely N-dealkylation sites (N-methyl/N-ethyl adjacent to an activating group) is 1. The lowest BCUT2D eigenvalue weighted by molar-refractivity contribution is -0.172. The van der Waals surface area contributed by atoms with Crippen LogP contribution in [0.4, 0.5) is 5.69 Å². The van der Waals surface area contributed by atoms with Crippen molar-refractivity contribution >= 4 is 30.8 Å². The van der Waals surface area contributed by atoms with E-state index in [1.54, 1.807) is 20.8 Å². The van der Waals surface area contributed by atoms with Crippen molar-refractivity contribution in [1.29, 1.82) is 0 Å². The zero-order valence-corrected chi connectivity index (χ0v) is 29.0. The number of ether oxygens (including phenoxy) is 2. The quantitative estimate of drug-likeness (QED) is 0.122. The van der Waals surface area contributed by atoms with Gasteiger partial charge in [-0.3, -0.25) is 9.59 Å². The normalized spacial score (nSPS) is 22.3. The Morgan fingerprint density at radius 3 is 1.91 bits per heavy atom. The molecule has 248 valence electrons. The van der Waals surface area contributed by atoms with E-state index in [-0.39, 0.29) is 31.5 Å². The first-order valence-electron chi connectivity index (χ1n) is 16.6. The molecule has 0 aliphatic carbocycles. The molecule has 47 heavy (non-hydrogen) atoms. The van der Waals surface area contributed by atoms with Crippen molar-refractivity contribution in [2.75, 3.05) is 25.2 Å². The molecule has 3 atom stereocenters. The van der Waals surface area contributed by atoms with E-state index in [9.17, 15) is 9.59 Å². The minimum atomic E-state index is -1.58. The first-order valence-corrected chi connectivity index (χ1v) is 16.6. The van der Waals surface area contributed by atoms with Gasteiger partial charge in [-0.05, 0) is 83.6 Å². The summed E-state index contributed by atoms with van der Waals surface area (Å²) in [5.74, 6) is -1.92. The number of hydrogen-bond donors (Lipinski definition) is 0. The van der Waals surface area contributed by atoms with Crippen LogP contribution in [0.5, 0.6) is 0 Å². The van der Waals surface area contributed by atoms with Crippen molar-refractivity contribution in [2.24, 2.45) is 11.3 Å². The molecule has 0 unspecified atom stereocenters. The van der Waals surface area contributed by atoms with E-state index in [4.69, 9.17) is 18.8 Å². The summed E-state index contributed by atoms with van der Waals surface area (Å²) in [5, 5.41) is 0. The summed E-state index contributed by atoms with van der Waals surface area (Å²) in [4.78, 5) is 29.8. The maximum atomic E-state index is 13.8. The SMILES string of the molecule is CCOC(=O)C(C)(C[C@H](/C=C\c1ccccc1)[C@H]1c2ccccc2N(C)[C@]1(B1OC(C)(C)C(C)(C)O1)c1ccccc1)C(=O)OCC. The van der Waals surface area contributed by atoms with Gasteiger partial charge in [-0.1, -0.05) is 91.0 Å². The number of fused-ring (bicyclic) bond motifs is 1. The number of carbonyl (C=O) groups is 2. The van der Waals surface area contributed by atoms with Crippen molar-refractivity contribution in [2.45, 2.75) is 77.4 Å².